The molecule has 0 saturated heterocycles. The number of pyridine rings is 1. The van der Waals surface area contributed by atoms with Crippen LogP contribution in [0, 0.1) is 17.0 Å². The van der Waals surface area contributed by atoms with Crippen LogP contribution < -0.4 is 4.74 Å². The lowest BCUT2D eigenvalue weighted by Gasteiger charge is -2.10. The summed E-state index contributed by atoms with van der Waals surface area (Å²) < 4.78 is 6.39. The fourth-order valence-corrected chi connectivity index (χ4v) is 2.47. The summed E-state index contributed by atoms with van der Waals surface area (Å²) in [4.78, 5) is 13.9. The van der Waals surface area contributed by atoms with Gasteiger partial charge in [-0.1, -0.05) is 27.5 Å². The first-order valence-electron chi connectivity index (χ1n) is 5.21. The van der Waals surface area contributed by atoms with Crippen molar-refractivity contribution in [2.24, 2.45) is 0 Å². The molecule has 0 N–H and O–H groups in total. The molecule has 1 aromatic heterocycles. The molecular weight excluding hydrogens is 336 g/mol. The second-order valence-electron chi connectivity index (χ2n) is 3.75. The number of aryl methyl sites for hydroxylation is 1. The van der Waals surface area contributed by atoms with Gasteiger partial charge in [0.05, 0.1) is 9.95 Å². The van der Waals surface area contributed by atoms with Gasteiger partial charge in [0.1, 0.15) is 6.20 Å². The average Bonchev–Trinajstić information content (AvgIpc) is 2.34. The number of nitrogens with zero attached hydrogens (tertiary/aromatic N) is 2. The van der Waals surface area contributed by atoms with Crippen molar-refractivity contribution in [3.8, 4) is 11.6 Å². The van der Waals surface area contributed by atoms with E-state index in [2.05, 4.69) is 20.9 Å². The molecule has 2 aromatic rings. The smallest absolute Gasteiger partial charge is 0.287 e. The summed E-state index contributed by atoms with van der Waals surface area (Å²) in [7, 11) is 0. The number of rotatable bonds is 3. The quantitative estimate of drug-likeness (QED) is 0.607. The van der Waals surface area contributed by atoms with E-state index in [0.717, 1.165) is 16.2 Å². The lowest BCUT2D eigenvalue weighted by Crippen LogP contribution is -1.93. The standard InChI is InChI=1S/C12H8BrClN2O3/c1-7-4-8(13)5-10(14)12(7)19-11-3-2-9(6-15-11)16(17)18/h2-6H,1H3. The first-order chi connectivity index (χ1) is 8.97. The summed E-state index contributed by atoms with van der Waals surface area (Å²) in [5.74, 6) is 0.726. The maximum Gasteiger partial charge on any atom is 0.287 e. The molecule has 5 nitrogen and oxygen atoms in total. The highest BCUT2D eigenvalue weighted by Crippen LogP contribution is 2.34. The van der Waals surface area contributed by atoms with Crippen LogP contribution in [0.25, 0.3) is 0 Å². The minimum absolute atomic E-state index is 0.0917. The molecule has 0 atom stereocenters. The number of hydrogen-bond acceptors (Lipinski definition) is 4. The summed E-state index contributed by atoms with van der Waals surface area (Å²) in [6.07, 6.45) is 1.14. The largest absolute Gasteiger partial charge is 0.437 e. The Morgan fingerprint density at radius 3 is 2.68 bits per heavy atom. The highest BCUT2D eigenvalue weighted by Gasteiger charge is 2.11. The van der Waals surface area contributed by atoms with E-state index >= 15 is 0 Å². The molecule has 0 aliphatic rings. The van der Waals surface area contributed by atoms with Gasteiger partial charge in [0, 0.05) is 16.6 Å². The number of benzene rings is 1. The van der Waals surface area contributed by atoms with Crippen LogP contribution in [0.5, 0.6) is 11.6 Å². The number of ether oxygens (including phenoxy) is 1. The van der Waals surface area contributed by atoms with Crippen molar-refractivity contribution in [1.82, 2.24) is 4.98 Å². The summed E-state index contributed by atoms with van der Waals surface area (Å²) in [6.45, 7) is 1.84. The molecule has 0 spiro atoms. The molecule has 19 heavy (non-hydrogen) atoms. The Hall–Kier alpha value is -1.66. The highest BCUT2D eigenvalue weighted by atomic mass is 79.9. The summed E-state index contributed by atoms with van der Waals surface area (Å²) in [6, 6.07) is 6.31. The fourth-order valence-electron chi connectivity index (χ4n) is 1.46. The predicted octanol–water partition coefficient (Wildman–Crippen LogP) is 4.51. The van der Waals surface area contributed by atoms with Crippen molar-refractivity contribution in [2.75, 3.05) is 0 Å². The number of hydrogen-bond donors (Lipinski definition) is 0. The topological polar surface area (TPSA) is 65.3 Å². The lowest BCUT2D eigenvalue weighted by molar-refractivity contribution is -0.385. The summed E-state index contributed by atoms with van der Waals surface area (Å²) in [5, 5.41) is 11.0. The summed E-state index contributed by atoms with van der Waals surface area (Å²) in [5.41, 5.74) is 0.741. The van der Waals surface area contributed by atoms with Crippen molar-refractivity contribution in [1.29, 1.82) is 0 Å². The molecule has 2 rings (SSSR count). The van der Waals surface area contributed by atoms with E-state index in [9.17, 15) is 10.1 Å². The van der Waals surface area contributed by atoms with Gasteiger partial charge in [-0.05, 0) is 24.6 Å². The minimum Gasteiger partial charge on any atom is -0.437 e. The van der Waals surface area contributed by atoms with Crippen molar-refractivity contribution < 1.29 is 9.66 Å². The second-order valence-corrected chi connectivity index (χ2v) is 5.07. The Bertz CT molecular complexity index is 608. The van der Waals surface area contributed by atoms with Crippen LogP contribution in [0.4, 0.5) is 5.69 Å². The third kappa shape index (κ3) is 3.21. The van der Waals surface area contributed by atoms with E-state index in [1.54, 1.807) is 6.07 Å². The zero-order valence-electron chi connectivity index (χ0n) is 9.76. The monoisotopic (exact) mass is 342 g/mol. The van der Waals surface area contributed by atoms with Gasteiger partial charge < -0.3 is 4.74 Å². The molecule has 0 unspecified atom stereocenters. The minimum atomic E-state index is -0.519. The van der Waals surface area contributed by atoms with Crippen LogP contribution in [0.15, 0.2) is 34.9 Å². The Morgan fingerprint density at radius 1 is 1.42 bits per heavy atom. The van der Waals surface area contributed by atoms with Gasteiger partial charge in [0.2, 0.25) is 5.88 Å². The maximum absolute atomic E-state index is 10.5. The van der Waals surface area contributed by atoms with Gasteiger partial charge in [0.15, 0.2) is 5.75 Å². The lowest BCUT2D eigenvalue weighted by atomic mass is 10.2. The SMILES string of the molecule is Cc1cc(Br)cc(Cl)c1Oc1ccc([N+](=O)[O-])cn1. The predicted molar refractivity (Wildman–Crippen MR) is 74.9 cm³/mol. The van der Waals surface area contributed by atoms with Gasteiger partial charge in [-0.2, -0.15) is 0 Å². The number of aromatic nitrogens is 1. The van der Waals surface area contributed by atoms with E-state index in [1.807, 2.05) is 13.0 Å². The normalized spacial score (nSPS) is 10.3. The molecule has 1 aromatic carbocycles. The first-order valence-corrected chi connectivity index (χ1v) is 6.38. The molecular formula is C12H8BrClN2O3. The van der Waals surface area contributed by atoms with Crippen molar-refractivity contribution in [2.45, 2.75) is 6.92 Å². The van der Waals surface area contributed by atoms with Gasteiger partial charge in [0.25, 0.3) is 5.69 Å². The molecule has 0 aliphatic heterocycles. The first kappa shape index (κ1) is 13.8. The molecule has 0 amide bonds. The van der Waals surface area contributed by atoms with Gasteiger partial charge in [-0.15, -0.1) is 0 Å². The third-order valence-electron chi connectivity index (χ3n) is 2.33. The van der Waals surface area contributed by atoms with Gasteiger partial charge in [-0.3, -0.25) is 10.1 Å². The fraction of sp³-hybridized carbons (Fsp3) is 0.0833. The number of halogens is 2. The van der Waals surface area contributed by atoms with Crippen LogP contribution in [0.3, 0.4) is 0 Å². The van der Waals surface area contributed by atoms with Gasteiger partial charge in [-0.25, -0.2) is 4.98 Å². The Balaban J connectivity index is 2.29. The van der Waals surface area contributed by atoms with E-state index in [-0.39, 0.29) is 11.6 Å². The Labute approximate surface area is 122 Å². The van der Waals surface area contributed by atoms with Crippen LogP contribution in [0.2, 0.25) is 5.02 Å². The van der Waals surface area contributed by atoms with E-state index in [1.165, 1.54) is 12.1 Å². The molecule has 0 aliphatic carbocycles. The maximum atomic E-state index is 10.5. The zero-order chi connectivity index (χ0) is 14.0. The van der Waals surface area contributed by atoms with Crippen LogP contribution in [0.1, 0.15) is 5.56 Å². The third-order valence-corrected chi connectivity index (χ3v) is 3.07. The molecule has 0 saturated carbocycles. The van der Waals surface area contributed by atoms with Gasteiger partial charge >= 0.3 is 0 Å². The molecule has 1 heterocycles. The molecule has 0 radical (unpaired) electrons. The summed E-state index contributed by atoms with van der Waals surface area (Å²) >= 11 is 9.40. The van der Waals surface area contributed by atoms with E-state index in [0.29, 0.717) is 10.8 Å². The van der Waals surface area contributed by atoms with E-state index < -0.39 is 4.92 Å². The Kier molecular flexibility index (Phi) is 4.01. The zero-order valence-corrected chi connectivity index (χ0v) is 12.1. The Morgan fingerprint density at radius 2 is 2.16 bits per heavy atom. The number of nitro groups is 1. The second kappa shape index (κ2) is 5.54. The van der Waals surface area contributed by atoms with Crippen LogP contribution >= 0.6 is 27.5 Å². The van der Waals surface area contributed by atoms with Crippen LogP contribution in [-0.4, -0.2) is 9.91 Å². The van der Waals surface area contributed by atoms with Crippen LogP contribution in [-0.2, 0) is 0 Å². The molecule has 0 bridgehead atoms. The van der Waals surface area contributed by atoms with Crippen molar-refractivity contribution in [3.63, 3.8) is 0 Å². The average molecular weight is 344 g/mol. The molecule has 98 valence electrons. The highest BCUT2D eigenvalue weighted by molar-refractivity contribution is 9.10. The van der Waals surface area contributed by atoms with E-state index in [4.69, 9.17) is 16.3 Å². The van der Waals surface area contributed by atoms with Crippen molar-refractivity contribution in [3.05, 3.63) is 55.6 Å². The molecule has 7 heteroatoms. The van der Waals surface area contributed by atoms with Crippen molar-refractivity contribution >= 4 is 33.2 Å². The molecule has 0 fully saturated rings.